The highest BCUT2D eigenvalue weighted by atomic mass is 19.4. The van der Waals surface area contributed by atoms with Crippen LogP contribution in [0, 0.1) is 0 Å². The third kappa shape index (κ3) is 1.71. The van der Waals surface area contributed by atoms with Crippen molar-refractivity contribution in [3.8, 4) is 5.75 Å². The summed E-state index contributed by atoms with van der Waals surface area (Å²) in [6.45, 7) is 0. The van der Waals surface area contributed by atoms with Crippen molar-refractivity contribution in [2.24, 2.45) is 0 Å². The van der Waals surface area contributed by atoms with Gasteiger partial charge in [0.25, 0.3) is 0 Å². The predicted octanol–water partition coefficient (Wildman–Crippen LogP) is 3.87. The first kappa shape index (κ1) is 10.8. The number of rotatable bonds is 1. The Morgan fingerprint density at radius 3 is 2.31 bits per heavy atom. The van der Waals surface area contributed by atoms with Crippen LogP contribution in [0.15, 0.2) is 36.4 Å². The Hall–Kier alpha value is -1.71. The van der Waals surface area contributed by atoms with Crippen molar-refractivity contribution in [1.82, 2.24) is 0 Å². The molecular weight excluding hydrogens is 217 g/mol. The second kappa shape index (κ2) is 3.70. The molecule has 0 saturated carbocycles. The summed E-state index contributed by atoms with van der Waals surface area (Å²) in [7, 11) is 1.25. The molecule has 0 fully saturated rings. The third-order valence-corrected chi connectivity index (χ3v) is 2.39. The minimum absolute atomic E-state index is 0.120. The second-order valence-corrected chi connectivity index (χ2v) is 3.37. The molecule has 0 heterocycles. The first-order valence-electron chi connectivity index (χ1n) is 4.67. The summed E-state index contributed by atoms with van der Waals surface area (Å²) in [6.07, 6.45) is -4.39. The third-order valence-electron chi connectivity index (χ3n) is 2.39. The van der Waals surface area contributed by atoms with Crippen LogP contribution in [-0.2, 0) is 6.18 Å². The van der Waals surface area contributed by atoms with Crippen molar-refractivity contribution in [3.63, 3.8) is 0 Å². The largest absolute Gasteiger partial charge is 0.495 e. The van der Waals surface area contributed by atoms with Gasteiger partial charge in [-0.1, -0.05) is 30.3 Å². The van der Waals surface area contributed by atoms with Gasteiger partial charge in [-0.3, -0.25) is 0 Å². The van der Waals surface area contributed by atoms with E-state index in [-0.39, 0.29) is 5.75 Å². The Labute approximate surface area is 90.5 Å². The number of methoxy groups -OCH3 is 1. The standard InChI is InChI=1S/C12H9F3O/c1-16-11-9-5-3-2-4-8(9)6-7-10(11)12(13,14)15/h2-7H,1H3. The Balaban J connectivity index is 2.78. The summed E-state index contributed by atoms with van der Waals surface area (Å²) in [5.74, 6) is -0.120. The zero-order chi connectivity index (χ0) is 11.8. The van der Waals surface area contributed by atoms with Crippen LogP contribution in [-0.4, -0.2) is 7.11 Å². The lowest BCUT2D eigenvalue weighted by Crippen LogP contribution is -2.07. The number of benzene rings is 2. The van der Waals surface area contributed by atoms with Crippen molar-refractivity contribution < 1.29 is 17.9 Å². The molecule has 0 aromatic heterocycles. The van der Waals surface area contributed by atoms with Crippen LogP contribution < -0.4 is 4.74 Å². The number of hydrogen-bond acceptors (Lipinski definition) is 1. The van der Waals surface area contributed by atoms with E-state index in [1.807, 2.05) is 0 Å². The van der Waals surface area contributed by atoms with E-state index in [4.69, 9.17) is 4.74 Å². The van der Waals surface area contributed by atoms with Gasteiger partial charge in [0.2, 0.25) is 0 Å². The minimum atomic E-state index is -4.39. The molecule has 84 valence electrons. The van der Waals surface area contributed by atoms with Gasteiger partial charge in [0.05, 0.1) is 12.7 Å². The molecule has 0 spiro atoms. The zero-order valence-electron chi connectivity index (χ0n) is 8.51. The molecule has 0 bridgehead atoms. The van der Waals surface area contributed by atoms with Gasteiger partial charge in [0, 0.05) is 5.39 Å². The molecule has 4 heteroatoms. The lowest BCUT2D eigenvalue weighted by Gasteiger charge is -2.13. The number of hydrogen-bond donors (Lipinski definition) is 0. The van der Waals surface area contributed by atoms with Crippen LogP contribution in [0.25, 0.3) is 10.8 Å². The van der Waals surface area contributed by atoms with E-state index in [1.54, 1.807) is 24.3 Å². The van der Waals surface area contributed by atoms with Crippen LogP contribution in [0.1, 0.15) is 5.56 Å². The molecule has 0 aliphatic rings. The summed E-state index contributed by atoms with van der Waals surface area (Å²) in [6, 6.07) is 9.31. The summed E-state index contributed by atoms with van der Waals surface area (Å²) >= 11 is 0. The van der Waals surface area contributed by atoms with Crippen molar-refractivity contribution in [2.45, 2.75) is 6.18 Å². The molecule has 0 aliphatic heterocycles. The molecule has 1 nitrogen and oxygen atoms in total. The quantitative estimate of drug-likeness (QED) is 0.717. The number of halogens is 3. The highest BCUT2D eigenvalue weighted by Gasteiger charge is 2.34. The molecule has 0 N–H and O–H groups in total. The summed E-state index contributed by atoms with van der Waals surface area (Å²) in [5.41, 5.74) is -0.742. The van der Waals surface area contributed by atoms with Crippen molar-refractivity contribution in [1.29, 1.82) is 0 Å². The molecule has 0 amide bonds. The van der Waals surface area contributed by atoms with E-state index < -0.39 is 11.7 Å². The minimum Gasteiger partial charge on any atom is -0.495 e. The first-order chi connectivity index (χ1) is 7.54. The maximum atomic E-state index is 12.7. The van der Waals surface area contributed by atoms with Gasteiger partial charge >= 0.3 is 6.18 Å². The zero-order valence-corrected chi connectivity index (χ0v) is 8.51. The highest BCUT2D eigenvalue weighted by molar-refractivity contribution is 5.89. The first-order valence-corrected chi connectivity index (χ1v) is 4.67. The number of ether oxygens (including phenoxy) is 1. The van der Waals surface area contributed by atoms with Gasteiger partial charge < -0.3 is 4.74 Å². The van der Waals surface area contributed by atoms with E-state index in [0.29, 0.717) is 5.39 Å². The van der Waals surface area contributed by atoms with E-state index in [0.717, 1.165) is 11.5 Å². The van der Waals surface area contributed by atoms with Gasteiger partial charge in [-0.05, 0) is 11.5 Å². The number of fused-ring (bicyclic) bond motifs is 1. The fraction of sp³-hybridized carbons (Fsp3) is 0.167. The van der Waals surface area contributed by atoms with Gasteiger partial charge in [-0.25, -0.2) is 0 Å². The SMILES string of the molecule is COc1c(C(F)(F)F)ccc2ccccc12. The summed E-state index contributed by atoms with van der Waals surface area (Å²) in [5, 5.41) is 1.20. The smallest absolute Gasteiger partial charge is 0.419 e. The molecule has 2 rings (SSSR count). The molecule has 0 aliphatic carbocycles. The topological polar surface area (TPSA) is 9.23 Å². The second-order valence-electron chi connectivity index (χ2n) is 3.37. The molecule has 0 unspecified atom stereocenters. The molecule has 2 aromatic carbocycles. The van der Waals surface area contributed by atoms with E-state index in [9.17, 15) is 13.2 Å². The van der Waals surface area contributed by atoms with Crippen molar-refractivity contribution in [2.75, 3.05) is 7.11 Å². The van der Waals surface area contributed by atoms with Gasteiger partial charge in [0.15, 0.2) is 0 Å². The fourth-order valence-corrected chi connectivity index (χ4v) is 1.69. The van der Waals surface area contributed by atoms with Crippen LogP contribution in [0.3, 0.4) is 0 Å². The van der Waals surface area contributed by atoms with E-state index in [1.165, 1.54) is 13.2 Å². The Morgan fingerprint density at radius 2 is 1.69 bits per heavy atom. The lowest BCUT2D eigenvalue weighted by atomic mass is 10.1. The predicted molar refractivity (Wildman–Crippen MR) is 55.5 cm³/mol. The Bertz CT molecular complexity index is 517. The lowest BCUT2D eigenvalue weighted by molar-refractivity contribution is -0.138. The monoisotopic (exact) mass is 226 g/mol. The van der Waals surface area contributed by atoms with Crippen LogP contribution >= 0.6 is 0 Å². The van der Waals surface area contributed by atoms with E-state index in [2.05, 4.69) is 0 Å². The highest BCUT2D eigenvalue weighted by Crippen LogP contribution is 2.40. The van der Waals surface area contributed by atoms with Gasteiger partial charge in [0.1, 0.15) is 5.75 Å². The van der Waals surface area contributed by atoms with Crippen molar-refractivity contribution in [3.05, 3.63) is 42.0 Å². The normalized spacial score (nSPS) is 11.8. The van der Waals surface area contributed by atoms with Crippen LogP contribution in [0.2, 0.25) is 0 Å². The maximum absolute atomic E-state index is 12.7. The molecular formula is C12H9F3O. The number of alkyl halides is 3. The fourth-order valence-electron chi connectivity index (χ4n) is 1.69. The summed E-state index contributed by atoms with van der Waals surface area (Å²) < 4.78 is 42.9. The van der Waals surface area contributed by atoms with Crippen LogP contribution in [0.4, 0.5) is 13.2 Å². The maximum Gasteiger partial charge on any atom is 0.419 e. The molecule has 0 atom stereocenters. The van der Waals surface area contributed by atoms with Crippen molar-refractivity contribution >= 4 is 10.8 Å². The molecule has 2 aromatic rings. The molecule has 0 radical (unpaired) electrons. The molecule has 16 heavy (non-hydrogen) atoms. The molecule has 0 saturated heterocycles. The van der Waals surface area contributed by atoms with Crippen LogP contribution in [0.5, 0.6) is 5.75 Å². The Morgan fingerprint density at radius 1 is 1.00 bits per heavy atom. The average Bonchev–Trinajstić information content (AvgIpc) is 2.26. The van der Waals surface area contributed by atoms with Gasteiger partial charge in [-0.15, -0.1) is 0 Å². The van der Waals surface area contributed by atoms with E-state index >= 15 is 0 Å². The summed E-state index contributed by atoms with van der Waals surface area (Å²) in [4.78, 5) is 0. The van der Waals surface area contributed by atoms with Gasteiger partial charge in [-0.2, -0.15) is 13.2 Å². The Kier molecular flexibility index (Phi) is 2.50. The average molecular weight is 226 g/mol.